The van der Waals surface area contributed by atoms with Crippen molar-refractivity contribution in [3.05, 3.63) is 94.2 Å². The number of ether oxygens (including phenoxy) is 1. The van der Waals surface area contributed by atoms with Gasteiger partial charge in [0.15, 0.2) is 11.6 Å². The quantitative estimate of drug-likeness (QED) is 0.177. The van der Waals surface area contributed by atoms with Gasteiger partial charge < -0.3 is 26.4 Å². The summed E-state index contributed by atoms with van der Waals surface area (Å²) in [4.78, 5) is 24.6. The van der Waals surface area contributed by atoms with E-state index in [0.717, 1.165) is 23.4 Å². The van der Waals surface area contributed by atoms with Gasteiger partial charge in [0.25, 0.3) is 0 Å². The van der Waals surface area contributed by atoms with E-state index in [1.54, 1.807) is 25.3 Å². The Balaban J connectivity index is 1.38. The zero-order chi connectivity index (χ0) is 28.0. The Bertz CT molecular complexity index is 1310. The lowest BCUT2D eigenvalue weighted by Crippen LogP contribution is -2.30. The zero-order valence-electron chi connectivity index (χ0n) is 22.0. The number of hydrogen-bond acceptors (Lipinski definition) is 8. The van der Waals surface area contributed by atoms with Gasteiger partial charge >= 0.3 is 0 Å². The lowest BCUT2D eigenvalue weighted by Gasteiger charge is -2.09. The maximum absolute atomic E-state index is 13.5. The van der Waals surface area contributed by atoms with E-state index in [9.17, 15) is 14.0 Å². The van der Waals surface area contributed by atoms with Crippen LogP contribution < -0.4 is 26.4 Å². The number of allylic oxidation sites excluding steroid dienone is 3. The highest BCUT2D eigenvalue weighted by molar-refractivity contribution is 7.15. The van der Waals surface area contributed by atoms with E-state index in [1.807, 2.05) is 30.3 Å². The van der Waals surface area contributed by atoms with Crippen LogP contribution in [-0.2, 0) is 28.9 Å². The number of rotatable bonds is 14. The molecule has 0 spiro atoms. The first-order valence-electron chi connectivity index (χ1n) is 12.5. The number of amides is 2. The summed E-state index contributed by atoms with van der Waals surface area (Å²) < 4.78 is 18.5. The second kappa shape index (κ2) is 15.2. The molecule has 0 saturated heterocycles. The topological polar surface area (TPSA) is 131 Å². The third kappa shape index (κ3) is 10.2. The fourth-order valence-electron chi connectivity index (χ4n) is 3.61. The fraction of sp³-hybridized carbons (Fsp3) is 0.286. The molecule has 0 aliphatic carbocycles. The van der Waals surface area contributed by atoms with Crippen LogP contribution in [0, 0.1) is 5.82 Å². The first-order chi connectivity index (χ1) is 18.9. The van der Waals surface area contributed by atoms with Crippen LogP contribution >= 0.6 is 11.3 Å². The Kier molecular flexibility index (Phi) is 11.4. The number of benzene rings is 2. The van der Waals surface area contributed by atoms with Crippen molar-refractivity contribution in [1.29, 1.82) is 0 Å². The number of nitrogens with one attached hydrogen (secondary N) is 3. The van der Waals surface area contributed by atoms with Gasteiger partial charge in [-0.25, -0.2) is 4.39 Å². The highest BCUT2D eigenvalue weighted by Gasteiger charge is 2.11. The van der Waals surface area contributed by atoms with E-state index >= 15 is 0 Å². The van der Waals surface area contributed by atoms with Crippen molar-refractivity contribution >= 4 is 28.3 Å². The molecule has 3 rings (SSSR count). The predicted molar refractivity (Wildman–Crippen MR) is 150 cm³/mol. The lowest BCUT2D eigenvalue weighted by molar-refractivity contribution is -0.120. The Morgan fingerprint density at radius 3 is 2.54 bits per heavy atom. The van der Waals surface area contributed by atoms with Crippen molar-refractivity contribution in [3.63, 3.8) is 0 Å². The van der Waals surface area contributed by atoms with Gasteiger partial charge in [-0.3, -0.25) is 9.59 Å². The smallest absolute Gasteiger partial charge is 0.230 e. The van der Waals surface area contributed by atoms with E-state index in [1.165, 1.54) is 30.6 Å². The Labute approximate surface area is 231 Å². The first kappa shape index (κ1) is 29.3. The molecule has 2 aromatic carbocycles. The minimum Gasteiger partial charge on any atom is -0.494 e. The number of hydrogen-bond donors (Lipinski definition) is 4. The third-order valence-corrected chi connectivity index (χ3v) is 6.51. The maximum Gasteiger partial charge on any atom is 0.230 e. The van der Waals surface area contributed by atoms with Crippen molar-refractivity contribution in [2.45, 2.75) is 38.5 Å². The second-order valence-electron chi connectivity index (χ2n) is 8.68. The maximum atomic E-state index is 13.5. The Morgan fingerprint density at radius 2 is 1.79 bits per heavy atom. The Morgan fingerprint density at radius 1 is 1.03 bits per heavy atom. The van der Waals surface area contributed by atoms with Crippen molar-refractivity contribution < 1.29 is 18.7 Å². The molecule has 1 heterocycles. The summed E-state index contributed by atoms with van der Waals surface area (Å²) in [6, 6.07) is 13.8. The van der Waals surface area contributed by atoms with Gasteiger partial charge in [-0.2, -0.15) is 0 Å². The summed E-state index contributed by atoms with van der Waals surface area (Å²) in [5.41, 5.74) is 8.40. The molecule has 206 valence electrons. The van der Waals surface area contributed by atoms with Gasteiger partial charge in [-0.15, -0.1) is 10.2 Å². The molecule has 1 aromatic heterocycles. The van der Waals surface area contributed by atoms with Crippen molar-refractivity contribution in [1.82, 2.24) is 20.8 Å². The number of anilines is 1. The summed E-state index contributed by atoms with van der Waals surface area (Å²) >= 11 is 1.32. The number of carbonyl (C=O) groups is 2. The molecule has 5 N–H and O–H groups in total. The molecule has 0 saturated carbocycles. The van der Waals surface area contributed by atoms with Gasteiger partial charge in [0.1, 0.15) is 10.8 Å². The van der Waals surface area contributed by atoms with Crippen LogP contribution in [0.5, 0.6) is 5.75 Å². The zero-order valence-corrected chi connectivity index (χ0v) is 22.8. The summed E-state index contributed by atoms with van der Waals surface area (Å²) in [5.74, 6) is -0.194. The van der Waals surface area contributed by atoms with E-state index in [4.69, 9.17) is 10.5 Å². The van der Waals surface area contributed by atoms with Crippen molar-refractivity contribution in [3.8, 4) is 5.75 Å². The molecule has 0 aliphatic rings. The number of nitrogens with zero attached hydrogens (tertiary/aromatic N) is 2. The van der Waals surface area contributed by atoms with Crippen molar-refractivity contribution in [2.75, 3.05) is 19.5 Å². The number of halogens is 1. The van der Waals surface area contributed by atoms with Gasteiger partial charge in [-0.1, -0.05) is 47.7 Å². The monoisotopic (exact) mass is 552 g/mol. The number of carbonyl (C=O) groups excluding carboxylic acids is 2. The molecular formula is C28H33FN6O3S. The lowest BCUT2D eigenvalue weighted by atomic mass is 10.1. The van der Waals surface area contributed by atoms with Crippen LogP contribution in [0.1, 0.15) is 35.4 Å². The first-order valence-corrected chi connectivity index (χ1v) is 13.3. The average Bonchev–Trinajstić information content (AvgIpc) is 3.37. The van der Waals surface area contributed by atoms with E-state index < -0.39 is 5.82 Å². The third-order valence-electron chi connectivity index (χ3n) is 5.61. The normalized spacial score (nSPS) is 11.7. The van der Waals surface area contributed by atoms with Crippen molar-refractivity contribution in [2.24, 2.45) is 5.73 Å². The molecule has 0 aliphatic heterocycles. The predicted octanol–water partition coefficient (Wildman–Crippen LogP) is 3.84. The van der Waals surface area contributed by atoms with Gasteiger partial charge in [0, 0.05) is 19.2 Å². The number of aryl methyl sites for hydroxylation is 1. The second-order valence-corrected chi connectivity index (χ2v) is 9.75. The van der Waals surface area contributed by atoms with E-state index in [-0.39, 0.29) is 24.0 Å². The van der Waals surface area contributed by atoms with Crippen LogP contribution in [-0.4, -0.2) is 36.2 Å². The molecule has 11 heteroatoms. The summed E-state index contributed by atoms with van der Waals surface area (Å²) in [5, 5.41) is 17.9. The highest BCUT2D eigenvalue weighted by atomic mass is 32.1. The molecule has 0 unspecified atom stereocenters. The van der Waals surface area contributed by atoms with E-state index in [0.29, 0.717) is 41.5 Å². The van der Waals surface area contributed by atoms with E-state index in [2.05, 4.69) is 26.1 Å². The number of methoxy groups -OCH3 is 1. The molecular weight excluding hydrogens is 519 g/mol. The molecule has 0 radical (unpaired) electrons. The summed E-state index contributed by atoms with van der Waals surface area (Å²) in [6.45, 7) is 0. The van der Waals surface area contributed by atoms with Crippen LogP contribution in [0.2, 0.25) is 0 Å². The summed E-state index contributed by atoms with van der Waals surface area (Å²) in [6.07, 6.45) is 6.99. The molecule has 0 bridgehead atoms. The molecule has 9 nitrogen and oxygen atoms in total. The van der Waals surface area contributed by atoms with Crippen LogP contribution in [0.25, 0.3) is 0 Å². The molecule has 39 heavy (non-hydrogen) atoms. The largest absolute Gasteiger partial charge is 0.494 e. The van der Waals surface area contributed by atoms with Gasteiger partial charge in [0.05, 0.1) is 20.0 Å². The number of nitrogens with two attached hydrogens (primary N) is 1. The number of unbranched alkanes of at least 4 members (excludes halogenated alkanes) is 1. The SMILES string of the molecule is CN/C(=C\C=C(/N)CCCCc1nnc(NC(=O)Cc2ccc(F)c(OC)c2)s1)NC(=O)Cc1ccccc1. The van der Waals surface area contributed by atoms with Crippen LogP contribution in [0.3, 0.4) is 0 Å². The number of aromatic nitrogens is 2. The standard InChI is InChI=1S/C28H33FN6O3S/c1-31-24(32-25(36)17-19-8-4-3-5-9-19)15-13-21(30)10-6-7-11-27-34-35-28(39-27)33-26(37)18-20-12-14-22(29)23(16-20)38-2/h3-5,8-9,12-16,31H,6-7,10-11,17-18,30H2,1-2H3,(H,32,36)(H,33,35,37)/b21-13-,24-15+. The Hall–Kier alpha value is -4.25. The molecule has 2 amide bonds. The summed E-state index contributed by atoms with van der Waals surface area (Å²) in [7, 11) is 3.11. The average molecular weight is 553 g/mol. The van der Waals surface area contributed by atoms with Gasteiger partial charge in [-0.05, 0) is 54.7 Å². The fourth-order valence-corrected chi connectivity index (χ4v) is 4.41. The molecule has 0 atom stereocenters. The van der Waals surface area contributed by atoms with Crippen LogP contribution in [0.4, 0.5) is 9.52 Å². The van der Waals surface area contributed by atoms with Crippen LogP contribution in [0.15, 0.2) is 72.2 Å². The molecule has 3 aromatic rings. The molecule has 0 fully saturated rings. The van der Waals surface area contributed by atoms with Gasteiger partial charge in [0.2, 0.25) is 16.9 Å². The minimum atomic E-state index is -0.477. The highest BCUT2D eigenvalue weighted by Crippen LogP contribution is 2.20. The minimum absolute atomic E-state index is 0.0670.